The van der Waals surface area contributed by atoms with Gasteiger partial charge >= 0.3 is 12.1 Å². The van der Waals surface area contributed by atoms with E-state index in [0.717, 1.165) is 22.3 Å². The van der Waals surface area contributed by atoms with Crippen LogP contribution in [0.25, 0.3) is 6.08 Å². The van der Waals surface area contributed by atoms with E-state index in [1.54, 1.807) is 11.0 Å². The van der Waals surface area contributed by atoms with Gasteiger partial charge in [0.25, 0.3) is 5.91 Å². The number of rotatable bonds is 12. The molecule has 0 radical (unpaired) electrons. The molecule has 0 saturated heterocycles. The molecule has 40 heavy (non-hydrogen) atoms. The molecule has 2 N–H and O–H groups in total. The van der Waals surface area contributed by atoms with E-state index in [1.165, 1.54) is 0 Å². The zero-order chi connectivity index (χ0) is 29.1. The number of fused-ring (bicyclic) bond motifs is 1. The summed E-state index contributed by atoms with van der Waals surface area (Å²) in [4.78, 5) is 38.4. The first-order chi connectivity index (χ1) is 19.2. The van der Waals surface area contributed by atoms with Crippen LogP contribution in [0.3, 0.4) is 0 Å². The minimum Gasteiger partial charge on any atom is -0.493 e. The number of thiol groups is 1. The van der Waals surface area contributed by atoms with Crippen molar-refractivity contribution in [2.75, 3.05) is 19.8 Å². The van der Waals surface area contributed by atoms with Gasteiger partial charge < -0.3 is 24.8 Å². The normalized spacial score (nSPS) is 13.6. The Bertz CT molecular complexity index is 1260. The highest BCUT2D eigenvalue weighted by Gasteiger charge is 2.26. The molecule has 214 valence electrons. The molecule has 9 heteroatoms. The van der Waals surface area contributed by atoms with E-state index in [9.17, 15) is 19.5 Å². The van der Waals surface area contributed by atoms with Gasteiger partial charge in [0.05, 0.1) is 18.1 Å². The van der Waals surface area contributed by atoms with Gasteiger partial charge in [-0.15, -0.1) is 12.6 Å². The highest BCUT2D eigenvalue weighted by molar-refractivity contribution is 7.85. The first-order valence-electron chi connectivity index (χ1n) is 13.5. The molecular formula is C31H38N2O6S. The minimum atomic E-state index is -0.873. The molecule has 0 aliphatic carbocycles. The Balaban J connectivity index is 1.66. The maximum absolute atomic E-state index is 12.6. The zero-order valence-corrected chi connectivity index (χ0v) is 24.2. The monoisotopic (exact) mass is 566 g/mol. The van der Waals surface area contributed by atoms with E-state index >= 15 is 0 Å². The fourth-order valence-corrected chi connectivity index (χ4v) is 4.54. The van der Waals surface area contributed by atoms with Gasteiger partial charge in [0.1, 0.15) is 5.75 Å². The lowest BCUT2D eigenvalue weighted by Crippen LogP contribution is -2.37. The highest BCUT2D eigenvalue weighted by Crippen LogP contribution is 2.32. The number of aryl methyl sites for hydroxylation is 1. The van der Waals surface area contributed by atoms with Gasteiger partial charge in [0, 0.05) is 37.2 Å². The Morgan fingerprint density at radius 1 is 1.10 bits per heavy atom. The molecule has 1 aliphatic heterocycles. The number of hydrogen-bond acceptors (Lipinski definition) is 6. The van der Waals surface area contributed by atoms with E-state index < -0.39 is 5.97 Å². The third kappa shape index (κ3) is 9.19. The summed E-state index contributed by atoms with van der Waals surface area (Å²) < 4.78 is 11.6. The standard InChI is InChI=1S/C31H38N2O6S/c1-4-24(32-30(36)28(40)18-22-8-6-5-7-9-22)15-17-38-27-12-10-23(11-13-29(34)35)26-19-33(16-14-25(26)27)31(37)39-20-21(2)3/h4-10,12,18,21,40H,11,13-17,19-20H2,1-3H3,(H,32,36)(H,34,35)/b24-4+,28-18-. The van der Waals surface area contributed by atoms with E-state index in [0.29, 0.717) is 61.9 Å². The van der Waals surface area contributed by atoms with E-state index in [-0.39, 0.29) is 24.3 Å². The van der Waals surface area contributed by atoms with E-state index in [4.69, 9.17) is 9.47 Å². The van der Waals surface area contributed by atoms with Crippen molar-refractivity contribution in [1.82, 2.24) is 10.2 Å². The van der Waals surface area contributed by atoms with Crippen molar-refractivity contribution in [3.05, 3.63) is 81.4 Å². The molecule has 0 spiro atoms. The van der Waals surface area contributed by atoms with Crippen LogP contribution in [-0.4, -0.2) is 47.7 Å². The van der Waals surface area contributed by atoms with Crippen molar-refractivity contribution in [3.63, 3.8) is 0 Å². The predicted molar refractivity (Wildman–Crippen MR) is 158 cm³/mol. The maximum atomic E-state index is 12.6. The molecule has 2 aromatic carbocycles. The number of benzene rings is 2. The smallest absolute Gasteiger partial charge is 0.410 e. The molecule has 1 aliphatic rings. The number of allylic oxidation sites excluding steroid dienone is 1. The van der Waals surface area contributed by atoms with Crippen LogP contribution >= 0.6 is 12.6 Å². The third-order valence-corrected chi connectivity index (χ3v) is 6.79. The molecule has 0 bridgehead atoms. The molecule has 8 nitrogen and oxygen atoms in total. The van der Waals surface area contributed by atoms with E-state index in [1.807, 2.05) is 69.3 Å². The van der Waals surface area contributed by atoms with Gasteiger partial charge in [0.15, 0.2) is 0 Å². The summed E-state index contributed by atoms with van der Waals surface area (Å²) in [7, 11) is 0. The number of carboxylic acids is 1. The Labute approximate surface area is 241 Å². The van der Waals surface area contributed by atoms with Gasteiger partial charge in [-0.1, -0.05) is 56.3 Å². The Hall–Kier alpha value is -3.72. The third-order valence-electron chi connectivity index (χ3n) is 6.46. The van der Waals surface area contributed by atoms with Gasteiger partial charge in [-0.25, -0.2) is 4.79 Å². The first-order valence-corrected chi connectivity index (χ1v) is 13.9. The summed E-state index contributed by atoms with van der Waals surface area (Å²) in [6.45, 7) is 7.31. The predicted octanol–water partition coefficient (Wildman–Crippen LogP) is 5.61. The van der Waals surface area contributed by atoms with Gasteiger partial charge in [-0.05, 0) is 54.5 Å². The van der Waals surface area contributed by atoms with Crippen LogP contribution in [0.1, 0.15) is 55.9 Å². The lowest BCUT2D eigenvalue weighted by atomic mass is 9.92. The van der Waals surface area contributed by atoms with Crippen LogP contribution in [0.5, 0.6) is 5.75 Å². The Kier molecular flexibility index (Phi) is 11.7. The largest absolute Gasteiger partial charge is 0.493 e. The fraction of sp³-hybridized carbons (Fsp3) is 0.387. The summed E-state index contributed by atoms with van der Waals surface area (Å²) in [5.41, 5.74) is 4.38. The SMILES string of the molecule is C/C=C(\CCOc1ccc(CCC(=O)O)c2c1CCN(C(=O)OCC(C)C)C2)NC(=O)/C(S)=C/c1ccccc1. The van der Waals surface area contributed by atoms with E-state index in [2.05, 4.69) is 17.9 Å². The van der Waals surface area contributed by atoms with Crippen molar-refractivity contribution in [2.45, 2.75) is 53.0 Å². The molecule has 0 atom stereocenters. The van der Waals surface area contributed by atoms with Crippen LogP contribution in [0.4, 0.5) is 4.79 Å². The Morgan fingerprint density at radius 3 is 2.52 bits per heavy atom. The Morgan fingerprint density at radius 2 is 1.85 bits per heavy atom. The van der Waals surface area contributed by atoms with Crippen molar-refractivity contribution >= 4 is 36.7 Å². The number of carbonyl (C=O) groups is 3. The van der Waals surface area contributed by atoms with Crippen LogP contribution in [0.2, 0.25) is 0 Å². The number of ether oxygens (including phenoxy) is 2. The lowest BCUT2D eigenvalue weighted by Gasteiger charge is -2.31. The van der Waals surface area contributed by atoms with Crippen LogP contribution in [-0.2, 0) is 33.7 Å². The topological polar surface area (TPSA) is 105 Å². The molecule has 3 rings (SSSR count). The second kappa shape index (κ2) is 15.2. The van der Waals surface area contributed by atoms with Gasteiger partial charge in [0.2, 0.25) is 0 Å². The number of amides is 2. The van der Waals surface area contributed by atoms with Gasteiger partial charge in [-0.3, -0.25) is 9.59 Å². The van der Waals surface area contributed by atoms with Crippen LogP contribution < -0.4 is 10.1 Å². The lowest BCUT2D eigenvalue weighted by molar-refractivity contribution is -0.137. The molecule has 0 unspecified atom stereocenters. The molecule has 0 saturated carbocycles. The second-order valence-corrected chi connectivity index (χ2v) is 10.5. The van der Waals surface area contributed by atoms with Crippen LogP contribution in [0.15, 0.2) is 59.1 Å². The zero-order valence-electron chi connectivity index (χ0n) is 23.3. The molecule has 0 fully saturated rings. The average Bonchev–Trinajstić information content (AvgIpc) is 2.94. The first kappa shape index (κ1) is 30.8. The fourth-order valence-electron chi connectivity index (χ4n) is 4.34. The summed E-state index contributed by atoms with van der Waals surface area (Å²) in [6, 6.07) is 13.2. The maximum Gasteiger partial charge on any atom is 0.410 e. The number of carboxylic acid groups (broad SMARTS) is 1. The number of nitrogens with zero attached hydrogens (tertiary/aromatic N) is 1. The second-order valence-electron chi connectivity index (χ2n) is 10.0. The summed E-state index contributed by atoms with van der Waals surface area (Å²) >= 11 is 4.35. The quantitative estimate of drug-likeness (QED) is 0.228. The summed E-state index contributed by atoms with van der Waals surface area (Å²) in [6.07, 6.45) is 4.58. The molecule has 2 aromatic rings. The average molecular weight is 567 g/mol. The number of aliphatic carboxylic acids is 1. The highest BCUT2D eigenvalue weighted by atomic mass is 32.1. The number of hydrogen-bond donors (Lipinski definition) is 3. The molecular weight excluding hydrogens is 528 g/mol. The van der Waals surface area contributed by atoms with Crippen molar-refractivity contribution in [1.29, 1.82) is 0 Å². The molecule has 0 aromatic heterocycles. The van der Waals surface area contributed by atoms with Crippen molar-refractivity contribution < 1.29 is 29.0 Å². The minimum absolute atomic E-state index is 0.000637. The molecule has 2 amide bonds. The van der Waals surface area contributed by atoms with Crippen molar-refractivity contribution in [3.8, 4) is 5.75 Å². The van der Waals surface area contributed by atoms with Gasteiger partial charge in [-0.2, -0.15) is 0 Å². The molecule has 1 heterocycles. The van der Waals surface area contributed by atoms with Crippen molar-refractivity contribution in [2.24, 2.45) is 5.92 Å². The summed E-state index contributed by atoms with van der Waals surface area (Å²) in [5.74, 6) is -0.241. The number of carbonyl (C=O) groups excluding carboxylic acids is 2. The van der Waals surface area contributed by atoms with Crippen LogP contribution in [0, 0.1) is 5.92 Å². The summed E-state index contributed by atoms with van der Waals surface area (Å²) in [5, 5.41) is 12.1. The number of nitrogens with one attached hydrogen (secondary N) is 1.